The maximum absolute atomic E-state index is 5.62. The predicted octanol–water partition coefficient (Wildman–Crippen LogP) is 2.80. The smallest absolute Gasteiger partial charge is 0.325 e. The van der Waals surface area contributed by atoms with Crippen molar-refractivity contribution in [2.75, 3.05) is 19.5 Å². The number of aromatic nitrogens is 2. The van der Waals surface area contributed by atoms with Crippen LogP contribution in [0.1, 0.15) is 5.56 Å². The van der Waals surface area contributed by atoms with Crippen LogP contribution in [-0.2, 0) is 11.2 Å². The van der Waals surface area contributed by atoms with E-state index in [1.54, 1.807) is 13.2 Å². The van der Waals surface area contributed by atoms with E-state index < -0.39 is 0 Å². The molecule has 0 aliphatic heterocycles. The molecule has 0 atom stereocenters. The maximum atomic E-state index is 5.62. The van der Waals surface area contributed by atoms with Crippen LogP contribution in [0.3, 0.4) is 0 Å². The second kappa shape index (κ2) is 6.49. The average Bonchev–Trinajstić information content (AvgIpc) is 2.37. The lowest BCUT2D eigenvalue weighted by Gasteiger charge is -2.06. The summed E-state index contributed by atoms with van der Waals surface area (Å²) in [4.78, 5) is 8.08. The molecule has 5 nitrogen and oxygen atoms in total. The summed E-state index contributed by atoms with van der Waals surface area (Å²) in [6.07, 6.45) is 0.872. The molecular formula is C13H14BrN3O2. The van der Waals surface area contributed by atoms with Gasteiger partial charge in [0.1, 0.15) is 16.2 Å². The van der Waals surface area contributed by atoms with Crippen LogP contribution < -0.4 is 10.5 Å². The molecule has 0 saturated carbocycles. The number of ether oxygens (including phenoxy) is 2. The number of halogens is 1. The molecule has 0 spiro atoms. The number of methoxy groups -OCH3 is 1. The quantitative estimate of drug-likeness (QED) is 0.857. The highest BCUT2D eigenvalue weighted by Gasteiger charge is 2.04. The van der Waals surface area contributed by atoms with Gasteiger partial charge in [0.15, 0.2) is 0 Å². The maximum Gasteiger partial charge on any atom is 0.325 e. The normalized spacial score (nSPS) is 10.4. The van der Waals surface area contributed by atoms with Crippen LogP contribution in [0.25, 0.3) is 0 Å². The van der Waals surface area contributed by atoms with Crippen molar-refractivity contribution >= 4 is 21.7 Å². The summed E-state index contributed by atoms with van der Waals surface area (Å²) in [5.74, 6) is 1.02. The van der Waals surface area contributed by atoms with Gasteiger partial charge in [0, 0.05) is 13.2 Å². The predicted molar refractivity (Wildman–Crippen MR) is 76.2 cm³/mol. The largest absolute Gasteiger partial charge is 0.424 e. The van der Waals surface area contributed by atoms with Gasteiger partial charge in [-0.15, -0.1) is 0 Å². The fourth-order valence-corrected chi connectivity index (χ4v) is 1.89. The molecule has 6 heteroatoms. The topological polar surface area (TPSA) is 70.3 Å². The second-order valence-electron chi connectivity index (χ2n) is 3.89. The van der Waals surface area contributed by atoms with Crippen molar-refractivity contribution in [3.63, 3.8) is 0 Å². The zero-order chi connectivity index (χ0) is 13.7. The van der Waals surface area contributed by atoms with Crippen molar-refractivity contribution in [3.8, 4) is 11.8 Å². The highest BCUT2D eigenvalue weighted by Crippen LogP contribution is 2.21. The standard InChI is InChI=1S/C13H14BrN3O2/c1-18-7-6-9-2-4-10(5-3-9)19-13-16-11(14)8-12(15)17-13/h2-5,8H,6-7H2,1H3,(H2,15,16,17). The van der Waals surface area contributed by atoms with E-state index in [1.807, 2.05) is 24.3 Å². The molecule has 0 amide bonds. The van der Waals surface area contributed by atoms with Crippen LogP contribution in [0.15, 0.2) is 34.9 Å². The number of benzene rings is 1. The molecule has 0 aliphatic rings. The summed E-state index contributed by atoms with van der Waals surface area (Å²) < 4.78 is 11.2. The van der Waals surface area contributed by atoms with E-state index >= 15 is 0 Å². The monoisotopic (exact) mass is 323 g/mol. The van der Waals surface area contributed by atoms with Gasteiger partial charge in [0.2, 0.25) is 0 Å². The molecule has 0 fully saturated rings. The van der Waals surface area contributed by atoms with Crippen molar-refractivity contribution < 1.29 is 9.47 Å². The molecule has 0 radical (unpaired) electrons. The van der Waals surface area contributed by atoms with E-state index in [4.69, 9.17) is 15.2 Å². The lowest BCUT2D eigenvalue weighted by Crippen LogP contribution is -1.97. The van der Waals surface area contributed by atoms with Crippen LogP contribution in [-0.4, -0.2) is 23.7 Å². The zero-order valence-corrected chi connectivity index (χ0v) is 12.1. The average molecular weight is 324 g/mol. The third-order valence-corrected chi connectivity index (χ3v) is 2.83. The second-order valence-corrected chi connectivity index (χ2v) is 4.70. The van der Waals surface area contributed by atoms with Crippen LogP contribution in [0.4, 0.5) is 5.82 Å². The van der Waals surface area contributed by atoms with Gasteiger partial charge >= 0.3 is 6.01 Å². The van der Waals surface area contributed by atoms with Gasteiger partial charge in [-0.05, 0) is 40.0 Å². The highest BCUT2D eigenvalue weighted by molar-refractivity contribution is 9.10. The Morgan fingerprint density at radius 3 is 2.58 bits per heavy atom. The number of hydrogen-bond donors (Lipinski definition) is 1. The van der Waals surface area contributed by atoms with E-state index in [9.17, 15) is 0 Å². The number of rotatable bonds is 5. The van der Waals surface area contributed by atoms with E-state index in [-0.39, 0.29) is 6.01 Å². The van der Waals surface area contributed by atoms with Crippen LogP contribution in [0, 0.1) is 0 Å². The number of hydrogen-bond acceptors (Lipinski definition) is 5. The fourth-order valence-electron chi connectivity index (χ4n) is 1.51. The molecule has 0 saturated heterocycles. The van der Waals surface area contributed by atoms with Crippen molar-refractivity contribution in [2.45, 2.75) is 6.42 Å². The molecule has 0 unspecified atom stereocenters. The summed E-state index contributed by atoms with van der Waals surface area (Å²) in [7, 11) is 1.69. The van der Waals surface area contributed by atoms with Crippen molar-refractivity contribution in [2.24, 2.45) is 0 Å². The van der Waals surface area contributed by atoms with Gasteiger partial charge in [-0.1, -0.05) is 12.1 Å². The lowest BCUT2D eigenvalue weighted by molar-refractivity contribution is 0.202. The van der Waals surface area contributed by atoms with E-state index in [2.05, 4.69) is 25.9 Å². The minimum Gasteiger partial charge on any atom is -0.424 e. The minimum atomic E-state index is 0.219. The van der Waals surface area contributed by atoms with Gasteiger partial charge in [-0.2, -0.15) is 9.97 Å². The minimum absolute atomic E-state index is 0.219. The number of anilines is 1. The molecule has 100 valence electrons. The molecule has 1 heterocycles. The number of nitrogen functional groups attached to an aromatic ring is 1. The van der Waals surface area contributed by atoms with E-state index in [0.717, 1.165) is 6.42 Å². The molecule has 2 rings (SSSR count). The van der Waals surface area contributed by atoms with Crippen LogP contribution >= 0.6 is 15.9 Å². The summed E-state index contributed by atoms with van der Waals surface area (Å²) in [6.45, 7) is 0.700. The van der Waals surface area contributed by atoms with Crippen LogP contribution in [0.2, 0.25) is 0 Å². The van der Waals surface area contributed by atoms with Gasteiger partial charge in [-0.25, -0.2) is 0 Å². The lowest BCUT2D eigenvalue weighted by atomic mass is 10.1. The molecule has 1 aromatic carbocycles. The number of nitrogens with two attached hydrogens (primary N) is 1. The molecule has 2 aromatic rings. The molecular weight excluding hydrogens is 310 g/mol. The first-order valence-electron chi connectivity index (χ1n) is 5.73. The summed E-state index contributed by atoms with van der Waals surface area (Å²) in [6, 6.07) is 9.53. The Morgan fingerprint density at radius 2 is 1.95 bits per heavy atom. The third-order valence-electron chi connectivity index (χ3n) is 2.42. The fraction of sp³-hybridized carbons (Fsp3) is 0.231. The van der Waals surface area contributed by atoms with E-state index in [0.29, 0.717) is 22.8 Å². The van der Waals surface area contributed by atoms with Crippen molar-refractivity contribution in [1.29, 1.82) is 0 Å². The molecule has 1 aromatic heterocycles. The Kier molecular flexibility index (Phi) is 4.70. The van der Waals surface area contributed by atoms with Crippen LogP contribution in [0.5, 0.6) is 11.8 Å². The summed E-state index contributed by atoms with van der Waals surface area (Å²) in [5, 5.41) is 0. The number of nitrogens with zero attached hydrogens (tertiary/aromatic N) is 2. The molecule has 0 bridgehead atoms. The molecule has 2 N–H and O–H groups in total. The van der Waals surface area contributed by atoms with Gasteiger partial charge in [0.05, 0.1) is 6.61 Å². The van der Waals surface area contributed by atoms with Gasteiger partial charge in [0.25, 0.3) is 0 Å². The van der Waals surface area contributed by atoms with E-state index in [1.165, 1.54) is 5.56 Å². The zero-order valence-electron chi connectivity index (χ0n) is 10.5. The van der Waals surface area contributed by atoms with Crippen molar-refractivity contribution in [1.82, 2.24) is 9.97 Å². The third kappa shape index (κ3) is 4.18. The molecule has 0 aliphatic carbocycles. The Bertz CT molecular complexity index is 526. The Labute approximate surface area is 119 Å². The molecule has 19 heavy (non-hydrogen) atoms. The SMILES string of the molecule is COCCc1ccc(Oc2nc(N)cc(Br)n2)cc1. The first-order chi connectivity index (χ1) is 9.17. The van der Waals surface area contributed by atoms with Gasteiger partial charge < -0.3 is 15.2 Å². The highest BCUT2D eigenvalue weighted by atomic mass is 79.9. The van der Waals surface area contributed by atoms with Crippen molar-refractivity contribution in [3.05, 3.63) is 40.5 Å². The Balaban J connectivity index is 2.06. The Hall–Kier alpha value is -1.66. The summed E-state index contributed by atoms with van der Waals surface area (Å²) in [5.41, 5.74) is 6.80. The Morgan fingerprint density at radius 1 is 1.21 bits per heavy atom. The van der Waals surface area contributed by atoms with Gasteiger partial charge in [-0.3, -0.25) is 0 Å². The first kappa shape index (κ1) is 13.8. The summed E-state index contributed by atoms with van der Waals surface area (Å²) >= 11 is 3.24. The first-order valence-corrected chi connectivity index (χ1v) is 6.52.